The van der Waals surface area contributed by atoms with Crippen molar-refractivity contribution < 1.29 is 23.9 Å². The third kappa shape index (κ3) is 6.02. The Kier molecular flexibility index (Phi) is 9.55. The molecule has 0 aliphatic carbocycles. The lowest BCUT2D eigenvalue weighted by Gasteiger charge is -2.10. The van der Waals surface area contributed by atoms with Gasteiger partial charge < -0.3 is 14.0 Å². The van der Waals surface area contributed by atoms with E-state index < -0.39 is 17.7 Å². The molecule has 0 spiro atoms. The fourth-order valence-corrected chi connectivity index (χ4v) is 5.56. The Morgan fingerprint density at radius 2 is 1.68 bits per heavy atom. The number of allylic oxidation sites excluding steroid dienone is 1. The second kappa shape index (κ2) is 12.4. The summed E-state index contributed by atoms with van der Waals surface area (Å²) in [6.45, 7) is 9.03. The monoisotopic (exact) mass is 572 g/mol. The average molecular weight is 573 g/mol. The number of thiophene rings is 1. The van der Waals surface area contributed by atoms with Crippen LogP contribution >= 0.6 is 34.5 Å². The minimum atomic E-state index is -0.632. The molecule has 198 valence electrons. The third-order valence-corrected chi connectivity index (χ3v) is 7.84. The summed E-state index contributed by atoms with van der Waals surface area (Å²) in [7, 11) is 0. The van der Waals surface area contributed by atoms with Gasteiger partial charge in [-0.1, -0.05) is 23.2 Å². The lowest BCUT2D eigenvalue weighted by Crippen LogP contribution is -2.12. The average Bonchev–Trinajstić information content (AvgIpc) is 3.34. The highest BCUT2D eigenvalue weighted by molar-refractivity contribution is 7.14. The molecule has 0 aliphatic rings. The highest BCUT2D eigenvalue weighted by Gasteiger charge is 2.28. The number of esters is 2. The molecule has 3 rings (SSSR count). The number of nitriles is 1. The van der Waals surface area contributed by atoms with Crippen LogP contribution in [-0.2, 0) is 20.7 Å². The Morgan fingerprint density at radius 1 is 1.03 bits per heavy atom. The molecule has 0 atom stereocenters. The largest absolute Gasteiger partial charge is 0.462 e. The molecule has 0 amide bonds. The number of carbonyl (C=O) groups excluding carboxylic acids is 3. The van der Waals surface area contributed by atoms with Gasteiger partial charge in [0.15, 0.2) is 5.78 Å². The molecule has 38 heavy (non-hydrogen) atoms. The van der Waals surface area contributed by atoms with E-state index in [1.54, 1.807) is 32.9 Å². The minimum absolute atomic E-state index is 0.0852. The van der Waals surface area contributed by atoms with Crippen molar-refractivity contribution in [2.24, 2.45) is 0 Å². The number of halogens is 2. The van der Waals surface area contributed by atoms with Crippen molar-refractivity contribution in [2.75, 3.05) is 13.2 Å². The van der Waals surface area contributed by atoms with Crippen molar-refractivity contribution in [3.05, 3.63) is 77.7 Å². The first-order valence-electron chi connectivity index (χ1n) is 11.8. The molecular formula is C28H26Cl2N2O5S. The Morgan fingerprint density at radius 3 is 2.29 bits per heavy atom. The first-order chi connectivity index (χ1) is 18.0. The van der Waals surface area contributed by atoms with Crippen molar-refractivity contribution >= 4 is 58.3 Å². The van der Waals surface area contributed by atoms with Crippen molar-refractivity contribution in [3.8, 4) is 11.8 Å². The molecule has 7 nitrogen and oxygen atoms in total. The zero-order chi connectivity index (χ0) is 28.1. The second-order valence-corrected chi connectivity index (χ2v) is 10.2. The summed E-state index contributed by atoms with van der Waals surface area (Å²) in [5.41, 5.74) is 3.60. The van der Waals surface area contributed by atoms with Crippen molar-refractivity contribution in [1.82, 2.24) is 4.57 Å². The number of nitrogens with zero attached hydrogens (tertiary/aromatic N) is 2. The molecule has 0 aliphatic heterocycles. The quantitative estimate of drug-likeness (QED) is 0.158. The third-order valence-electron chi connectivity index (χ3n) is 5.83. The van der Waals surface area contributed by atoms with Gasteiger partial charge in [-0.05, 0) is 76.1 Å². The van der Waals surface area contributed by atoms with E-state index in [2.05, 4.69) is 0 Å². The van der Waals surface area contributed by atoms with Crippen LogP contribution in [-0.4, -0.2) is 35.5 Å². The van der Waals surface area contributed by atoms with E-state index in [0.29, 0.717) is 26.0 Å². The molecule has 0 saturated carbocycles. The number of ketones is 1. The maximum Gasteiger partial charge on any atom is 0.348 e. The van der Waals surface area contributed by atoms with E-state index in [1.165, 1.54) is 6.08 Å². The summed E-state index contributed by atoms with van der Waals surface area (Å²) in [4.78, 5) is 38.9. The predicted octanol–water partition coefficient (Wildman–Crippen LogP) is 6.84. The number of hydrogen-bond donors (Lipinski definition) is 0. The van der Waals surface area contributed by atoms with Gasteiger partial charge in [0.25, 0.3) is 0 Å². The lowest BCUT2D eigenvalue weighted by molar-refractivity contribution is -0.114. The van der Waals surface area contributed by atoms with Gasteiger partial charge in [-0.3, -0.25) is 4.79 Å². The zero-order valence-corrected chi connectivity index (χ0v) is 23.9. The van der Waals surface area contributed by atoms with E-state index in [0.717, 1.165) is 28.4 Å². The fourth-order valence-electron chi connectivity index (χ4n) is 4.09. The van der Waals surface area contributed by atoms with Crippen molar-refractivity contribution in [3.63, 3.8) is 0 Å². The number of aryl methyl sites for hydroxylation is 1. The maximum atomic E-state index is 13.3. The SMILES string of the molecule is CCOC(=O)c1sc(CC(=O)C(C#N)=Cc2cc(C)n(-c3ccc(Cl)c(Cl)c3)c2C)c(C(=O)OCC)c1C. The first kappa shape index (κ1) is 29.2. The van der Waals surface area contributed by atoms with Gasteiger partial charge in [0, 0.05) is 28.4 Å². The van der Waals surface area contributed by atoms with Crippen LogP contribution in [0.3, 0.4) is 0 Å². The summed E-state index contributed by atoms with van der Waals surface area (Å²) in [5.74, 6) is -1.70. The summed E-state index contributed by atoms with van der Waals surface area (Å²) in [6.07, 6.45) is 1.28. The van der Waals surface area contributed by atoms with Gasteiger partial charge in [0.1, 0.15) is 10.9 Å². The minimum Gasteiger partial charge on any atom is -0.462 e. The van der Waals surface area contributed by atoms with Crippen LogP contribution < -0.4 is 0 Å². The highest BCUT2D eigenvalue weighted by Crippen LogP contribution is 2.32. The van der Waals surface area contributed by atoms with Crippen LogP contribution in [0.1, 0.15) is 61.3 Å². The summed E-state index contributed by atoms with van der Waals surface area (Å²) in [5, 5.41) is 10.7. The number of Topliss-reactive ketones (excluding diaryl/α,β-unsaturated/α-hetero) is 1. The number of hydrogen-bond acceptors (Lipinski definition) is 7. The van der Waals surface area contributed by atoms with Gasteiger partial charge in [0.05, 0.1) is 34.4 Å². The van der Waals surface area contributed by atoms with E-state index in [-0.39, 0.29) is 35.6 Å². The van der Waals surface area contributed by atoms with Crippen LogP contribution in [0.2, 0.25) is 10.0 Å². The number of carbonyl (C=O) groups is 3. The van der Waals surface area contributed by atoms with Crippen LogP contribution in [0.15, 0.2) is 29.8 Å². The Balaban J connectivity index is 2.00. The molecule has 2 aromatic heterocycles. The molecule has 2 heterocycles. The zero-order valence-electron chi connectivity index (χ0n) is 21.6. The van der Waals surface area contributed by atoms with E-state index in [9.17, 15) is 19.6 Å². The van der Waals surface area contributed by atoms with Crippen LogP contribution in [0.5, 0.6) is 0 Å². The van der Waals surface area contributed by atoms with Gasteiger partial charge in [0.2, 0.25) is 0 Å². The molecule has 0 radical (unpaired) electrons. The fraction of sp³-hybridized carbons (Fsp3) is 0.286. The summed E-state index contributed by atoms with van der Waals surface area (Å²) >= 11 is 13.3. The molecule has 10 heteroatoms. The van der Waals surface area contributed by atoms with Gasteiger partial charge in [-0.15, -0.1) is 11.3 Å². The van der Waals surface area contributed by atoms with Crippen molar-refractivity contribution in [2.45, 2.75) is 41.0 Å². The van der Waals surface area contributed by atoms with E-state index >= 15 is 0 Å². The van der Waals surface area contributed by atoms with Gasteiger partial charge in [-0.25, -0.2) is 9.59 Å². The smallest absolute Gasteiger partial charge is 0.348 e. The topological polar surface area (TPSA) is 98.4 Å². The Hall–Kier alpha value is -3.38. The molecule has 0 N–H and O–H groups in total. The van der Waals surface area contributed by atoms with Gasteiger partial charge in [-0.2, -0.15) is 5.26 Å². The van der Waals surface area contributed by atoms with E-state index in [1.807, 2.05) is 36.6 Å². The Bertz CT molecular complexity index is 1490. The normalized spacial score (nSPS) is 11.3. The van der Waals surface area contributed by atoms with Crippen LogP contribution in [0, 0.1) is 32.1 Å². The molecule has 3 aromatic rings. The summed E-state index contributed by atoms with van der Waals surface area (Å²) < 4.78 is 12.2. The lowest BCUT2D eigenvalue weighted by atomic mass is 10.0. The number of rotatable bonds is 9. The first-order valence-corrected chi connectivity index (χ1v) is 13.4. The van der Waals surface area contributed by atoms with Crippen molar-refractivity contribution in [1.29, 1.82) is 5.26 Å². The maximum absolute atomic E-state index is 13.3. The predicted molar refractivity (Wildman–Crippen MR) is 149 cm³/mol. The standard InChI is InChI=1S/C28H26Cl2N2O5S/c1-6-36-27(34)25-16(4)26(28(35)37-7-2)38-24(25)13-23(33)19(14-31)11-18-10-15(3)32(17(18)5)20-8-9-21(29)22(30)12-20/h8-12H,6-7,13H2,1-5H3. The molecule has 0 bridgehead atoms. The molecule has 0 fully saturated rings. The number of ether oxygens (including phenoxy) is 2. The molecule has 0 saturated heterocycles. The molecular weight excluding hydrogens is 547 g/mol. The second-order valence-electron chi connectivity index (χ2n) is 8.33. The van der Waals surface area contributed by atoms with E-state index in [4.69, 9.17) is 32.7 Å². The van der Waals surface area contributed by atoms with Crippen LogP contribution in [0.4, 0.5) is 0 Å². The Labute approximate surface area is 235 Å². The molecule has 0 unspecified atom stereocenters. The number of aromatic nitrogens is 1. The van der Waals surface area contributed by atoms with Gasteiger partial charge >= 0.3 is 11.9 Å². The summed E-state index contributed by atoms with van der Waals surface area (Å²) in [6, 6.07) is 9.11. The number of benzene rings is 1. The highest BCUT2D eigenvalue weighted by atomic mass is 35.5. The molecule has 1 aromatic carbocycles. The van der Waals surface area contributed by atoms with Crippen LogP contribution in [0.25, 0.3) is 11.8 Å².